The third-order valence-corrected chi connectivity index (χ3v) is 3.19. The molecule has 1 aromatic rings. The average molecular weight is 234 g/mol. The van der Waals surface area contributed by atoms with Crippen molar-refractivity contribution in [2.45, 2.75) is 33.1 Å². The molecule has 0 bridgehead atoms. The molecule has 0 radical (unpaired) electrons. The molecule has 0 aromatic heterocycles. The lowest BCUT2D eigenvalue weighted by atomic mass is 10.0. The van der Waals surface area contributed by atoms with E-state index in [1.807, 2.05) is 32.0 Å². The fraction of sp³-hybridized carbons (Fsp3) is 0.462. The van der Waals surface area contributed by atoms with Gasteiger partial charge < -0.3 is 15.8 Å². The van der Waals surface area contributed by atoms with E-state index in [1.54, 1.807) is 0 Å². The van der Waals surface area contributed by atoms with E-state index >= 15 is 0 Å². The minimum Gasteiger partial charge on any atom is -0.372 e. The molecule has 0 fully saturated rings. The van der Waals surface area contributed by atoms with Crippen molar-refractivity contribution in [3.63, 3.8) is 0 Å². The summed E-state index contributed by atoms with van der Waals surface area (Å²) in [6.07, 6.45) is 0. The van der Waals surface area contributed by atoms with Crippen LogP contribution in [0.25, 0.3) is 0 Å². The van der Waals surface area contributed by atoms with Gasteiger partial charge in [0.25, 0.3) is 0 Å². The molecule has 1 aromatic carbocycles. The second kappa shape index (κ2) is 4.85. The van der Waals surface area contributed by atoms with Crippen molar-refractivity contribution in [3.05, 3.63) is 29.3 Å². The predicted molar refractivity (Wildman–Crippen MR) is 66.4 cm³/mol. The van der Waals surface area contributed by atoms with E-state index in [1.165, 1.54) is 5.56 Å². The van der Waals surface area contributed by atoms with Crippen molar-refractivity contribution in [1.29, 1.82) is 0 Å². The van der Waals surface area contributed by atoms with Gasteiger partial charge in [-0.25, -0.2) is 0 Å². The van der Waals surface area contributed by atoms with Crippen LogP contribution in [0.4, 0.5) is 5.69 Å². The largest absolute Gasteiger partial charge is 0.372 e. The molecule has 4 nitrogen and oxygen atoms in total. The Kier molecular flexibility index (Phi) is 3.45. The van der Waals surface area contributed by atoms with Gasteiger partial charge in [-0.2, -0.15) is 0 Å². The maximum Gasteiger partial charge on any atom is 0.228 e. The third-order valence-electron chi connectivity index (χ3n) is 3.19. The van der Waals surface area contributed by atoms with Gasteiger partial charge in [0.2, 0.25) is 5.91 Å². The number of hydrogen-bond donors (Lipinski definition) is 2. The summed E-state index contributed by atoms with van der Waals surface area (Å²) in [6, 6.07) is 5.72. The highest BCUT2D eigenvalue weighted by Gasteiger charge is 2.18. The lowest BCUT2D eigenvalue weighted by Gasteiger charge is -2.15. The number of nitrogens with two attached hydrogens (primary N) is 1. The highest BCUT2D eigenvalue weighted by Crippen LogP contribution is 2.23. The number of carbonyl (C=O) groups is 1. The second-order valence-corrected chi connectivity index (χ2v) is 4.61. The van der Waals surface area contributed by atoms with Gasteiger partial charge in [0.15, 0.2) is 0 Å². The maximum absolute atomic E-state index is 11.8. The number of amides is 1. The van der Waals surface area contributed by atoms with Gasteiger partial charge in [-0.05, 0) is 30.2 Å². The normalized spacial score (nSPS) is 17.4. The zero-order chi connectivity index (χ0) is 12.4. The van der Waals surface area contributed by atoms with E-state index in [0.29, 0.717) is 13.2 Å². The summed E-state index contributed by atoms with van der Waals surface area (Å²) in [4.78, 5) is 11.8. The van der Waals surface area contributed by atoms with E-state index in [-0.39, 0.29) is 17.9 Å². The molecule has 4 heteroatoms. The summed E-state index contributed by atoms with van der Waals surface area (Å²) in [5.74, 6) is -0.238. The zero-order valence-corrected chi connectivity index (χ0v) is 10.2. The van der Waals surface area contributed by atoms with Gasteiger partial charge in [-0.1, -0.05) is 13.0 Å². The summed E-state index contributed by atoms with van der Waals surface area (Å²) >= 11 is 0. The molecule has 0 saturated carbocycles. The van der Waals surface area contributed by atoms with Gasteiger partial charge >= 0.3 is 0 Å². The smallest absolute Gasteiger partial charge is 0.228 e. The van der Waals surface area contributed by atoms with Crippen molar-refractivity contribution in [2.75, 3.05) is 5.32 Å². The summed E-state index contributed by atoms with van der Waals surface area (Å²) in [6.45, 7) is 4.96. The number of nitrogens with one attached hydrogen (secondary N) is 1. The van der Waals surface area contributed by atoms with E-state index in [0.717, 1.165) is 11.3 Å². The molecule has 17 heavy (non-hydrogen) atoms. The van der Waals surface area contributed by atoms with Crippen LogP contribution in [0.1, 0.15) is 25.0 Å². The maximum atomic E-state index is 11.8. The molecule has 2 rings (SSSR count). The first-order valence-electron chi connectivity index (χ1n) is 5.84. The minimum absolute atomic E-state index is 0.0427. The molecule has 92 valence electrons. The van der Waals surface area contributed by atoms with Gasteiger partial charge in [0, 0.05) is 11.7 Å². The second-order valence-electron chi connectivity index (χ2n) is 4.61. The predicted octanol–water partition coefficient (Wildman–Crippen LogP) is 1.64. The first kappa shape index (κ1) is 12.1. The van der Waals surface area contributed by atoms with Crippen LogP contribution in [0.5, 0.6) is 0 Å². The van der Waals surface area contributed by atoms with Crippen LogP contribution in [0, 0.1) is 5.92 Å². The van der Waals surface area contributed by atoms with Crippen molar-refractivity contribution < 1.29 is 9.53 Å². The molecule has 3 N–H and O–H groups in total. The molecule has 2 unspecified atom stereocenters. The average Bonchev–Trinajstić information content (AvgIpc) is 2.74. The highest BCUT2D eigenvalue weighted by atomic mass is 16.5. The number of anilines is 1. The molecular weight excluding hydrogens is 216 g/mol. The molecule has 2 atom stereocenters. The number of benzene rings is 1. The van der Waals surface area contributed by atoms with Gasteiger partial charge in [0.1, 0.15) is 0 Å². The Labute approximate surface area is 101 Å². The number of hydrogen-bond acceptors (Lipinski definition) is 3. The highest BCUT2D eigenvalue weighted by molar-refractivity contribution is 5.92. The number of fused-ring (bicyclic) bond motifs is 1. The first-order chi connectivity index (χ1) is 8.08. The van der Waals surface area contributed by atoms with Crippen molar-refractivity contribution in [1.82, 2.24) is 0 Å². The fourth-order valence-electron chi connectivity index (χ4n) is 1.74. The Balaban J connectivity index is 2.07. The number of carbonyl (C=O) groups excluding carboxylic acids is 1. The summed E-state index contributed by atoms with van der Waals surface area (Å²) in [7, 11) is 0. The third kappa shape index (κ3) is 2.65. The molecule has 1 heterocycles. The van der Waals surface area contributed by atoms with Crippen LogP contribution in [-0.2, 0) is 22.7 Å². The fourth-order valence-corrected chi connectivity index (χ4v) is 1.74. The number of rotatable bonds is 3. The van der Waals surface area contributed by atoms with E-state index < -0.39 is 0 Å². The Morgan fingerprint density at radius 3 is 2.76 bits per heavy atom. The molecule has 0 saturated heterocycles. The van der Waals surface area contributed by atoms with Gasteiger partial charge in [-0.3, -0.25) is 4.79 Å². The first-order valence-corrected chi connectivity index (χ1v) is 5.84. The SMILES string of the molecule is CC(N)C(C)C(=O)Nc1ccc2c(c1)COC2. The van der Waals surface area contributed by atoms with Gasteiger partial charge in [0.05, 0.1) is 19.1 Å². The molecule has 1 aliphatic heterocycles. The standard InChI is InChI=1S/C13H18N2O2/c1-8(9(2)14)13(16)15-12-4-3-10-6-17-7-11(10)5-12/h3-5,8-9H,6-7,14H2,1-2H3,(H,15,16). The lowest BCUT2D eigenvalue weighted by molar-refractivity contribution is -0.119. The van der Waals surface area contributed by atoms with Crippen LogP contribution in [0.15, 0.2) is 18.2 Å². The number of ether oxygens (including phenoxy) is 1. The van der Waals surface area contributed by atoms with E-state index in [2.05, 4.69) is 5.32 Å². The Morgan fingerprint density at radius 1 is 1.35 bits per heavy atom. The topological polar surface area (TPSA) is 64.4 Å². The summed E-state index contributed by atoms with van der Waals surface area (Å²) in [5, 5.41) is 2.88. The van der Waals surface area contributed by atoms with Crippen molar-refractivity contribution in [3.8, 4) is 0 Å². The molecule has 1 aliphatic rings. The van der Waals surface area contributed by atoms with Crippen LogP contribution >= 0.6 is 0 Å². The van der Waals surface area contributed by atoms with Crippen molar-refractivity contribution >= 4 is 11.6 Å². The van der Waals surface area contributed by atoms with Crippen molar-refractivity contribution in [2.24, 2.45) is 11.7 Å². The molecule has 1 amide bonds. The lowest BCUT2D eigenvalue weighted by Crippen LogP contribution is -2.34. The minimum atomic E-state index is -0.195. The molecular formula is C13H18N2O2. The van der Waals surface area contributed by atoms with Crippen LogP contribution < -0.4 is 11.1 Å². The molecule has 0 aliphatic carbocycles. The van der Waals surface area contributed by atoms with E-state index in [9.17, 15) is 4.79 Å². The Hall–Kier alpha value is -1.39. The van der Waals surface area contributed by atoms with Crippen LogP contribution in [-0.4, -0.2) is 11.9 Å². The monoisotopic (exact) mass is 234 g/mol. The van der Waals surface area contributed by atoms with Gasteiger partial charge in [-0.15, -0.1) is 0 Å². The van der Waals surface area contributed by atoms with E-state index in [4.69, 9.17) is 10.5 Å². The van der Waals surface area contributed by atoms with Crippen LogP contribution in [0.3, 0.4) is 0 Å². The Bertz CT molecular complexity index is 429. The molecule has 0 spiro atoms. The quantitative estimate of drug-likeness (QED) is 0.835. The summed E-state index contributed by atoms with van der Waals surface area (Å²) < 4.78 is 5.33. The zero-order valence-electron chi connectivity index (χ0n) is 10.2. The summed E-state index contributed by atoms with van der Waals surface area (Å²) in [5.41, 5.74) is 8.86. The Morgan fingerprint density at radius 2 is 2.06 bits per heavy atom. The van der Waals surface area contributed by atoms with Crippen LogP contribution in [0.2, 0.25) is 0 Å².